The molecule has 0 radical (unpaired) electrons. The summed E-state index contributed by atoms with van der Waals surface area (Å²) in [6.07, 6.45) is 0. The van der Waals surface area contributed by atoms with Gasteiger partial charge in [0.2, 0.25) is 0 Å². The number of hydrogen-bond acceptors (Lipinski definition) is 6. The maximum Gasteiger partial charge on any atom is 0.356 e. The highest BCUT2D eigenvalue weighted by Gasteiger charge is 2.21. The third-order valence-electron chi connectivity index (χ3n) is 3.75. The van der Waals surface area contributed by atoms with Crippen LogP contribution in [0.2, 0.25) is 0 Å². The summed E-state index contributed by atoms with van der Waals surface area (Å²) in [7, 11) is 1.20. The molecule has 3 aromatic rings. The van der Waals surface area contributed by atoms with Crippen LogP contribution in [-0.2, 0) is 4.74 Å². The maximum atomic E-state index is 12.0. The smallest absolute Gasteiger partial charge is 0.356 e. The Morgan fingerprint density at radius 1 is 1.20 bits per heavy atom. The van der Waals surface area contributed by atoms with Crippen LogP contribution in [0.15, 0.2) is 48.5 Å². The predicted molar refractivity (Wildman–Crippen MR) is 89.9 cm³/mol. The Labute approximate surface area is 142 Å². The summed E-state index contributed by atoms with van der Waals surface area (Å²) < 4.78 is 4.70. The Hall–Kier alpha value is -3.79. The van der Waals surface area contributed by atoms with Gasteiger partial charge in [-0.3, -0.25) is 10.1 Å². The normalized spacial score (nSPS) is 10.2. The molecule has 0 aliphatic rings. The van der Waals surface area contributed by atoms with Gasteiger partial charge in [0.05, 0.1) is 23.7 Å². The minimum Gasteiger partial charge on any atom is -0.464 e. The highest BCUT2D eigenvalue weighted by molar-refractivity contribution is 6.03. The van der Waals surface area contributed by atoms with Crippen molar-refractivity contribution in [3.63, 3.8) is 0 Å². The van der Waals surface area contributed by atoms with Crippen LogP contribution >= 0.6 is 0 Å². The molecule has 0 atom stereocenters. The number of pyridine rings is 1. The summed E-state index contributed by atoms with van der Waals surface area (Å²) >= 11 is 0. The van der Waals surface area contributed by atoms with E-state index in [1.807, 2.05) is 0 Å². The van der Waals surface area contributed by atoms with Crippen molar-refractivity contribution < 1.29 is 14.5 Å². The van der Waals surface area contributed by atoms with E-state index in [1.54, 1.807) is 36.4 Å². The number of aromatic nitrogens is 1. The molecule has 0 N–H and O–H groups in total. The topological polar surface area (TPSA) is 106 Å². The molecule has 0 amide bonds. The lowest BCUT2D eigenvalue weighted by Crippen LogP contribution is -2.06. The molecule has 7 nitrogen and oxygen atoms in total. The number of non-ortho nitro benzene ring substituents is 1. The molecule has 1 aromatic heterocycles. The monoisotopic (exact) mass is 333 g/mol. The van der Waals surface area contributed by atoms with Gasteiger partial charge in [0.15, 0.2) is 0 Å². The minimum absolute atomic E-state index is 0.0629. The number of methoxy groups -OCH3 is 1. The van der Waals surface area contributed by atoms with Crippen molar-refractivity contribution in [1.29, 1.82) is 5.26 Å². The van der Waals surface area contributed by atoms with Gasteiger partial charge in [0.25, 0.3) is 5.69 Å². The van der Waals surface area contributed by atoms with Crippen LogP contribution in [0.5, 0.6) is 0 Å². The van der Waals surface area contributed by atoms with Crippen molar-refractivity contribution in [2.45, 2.75) is 0 Å². The van der Waals surface area contributed by atoms with Crippen molar-refractivity contribution >= 4 is 22.6 Å². The molecule has 0 saturated heterocycles. The lowest BCUT2D eigenvalue weighted by molar-refractivity contribution is -0.383. The largest absolute Gasteiger partial charge is 0.464 e. The summed E-state index contributed by atoms with van der Waals surface area (Å²) in [6, 6.07) is 14.9. The van der Waals surface area contributed by atoms with Crippen LogP contribution in [0.1, 0.15) is 16.1 Å². The molecule has 1 heterocycles. The second-order valence-electron chi connectivity index (χ2n) is 5.13. The number of nitrogens with zero attached hydrogens (tertiary/aromatic N) is 3. The highest BCUT2D eigenvalue weighted by Crippen LogP contribution is 2.34. The fourth-order valence-corrected chi connectivity index (χ4v) is 2.63. The van der Waals surface area contributed by atoms with Crippen molar-refractivity contribution in [3.05, 3.63) is 69.9 Å². The molecule has 0 aliphatic carbocycles. The van der Waals surface area contributed by atoms with E-state index in [0.717, 1.165) is 0 Å². The van der Waals surface area contributed by atoms with Crippen LogP contribution in [0.4, 0.5) is 5.69 Å². The number of nitro groups is 1. The Morgan fingerprint density at radius 2 is 1.96 bits per heavy atom. The van der Waals surface area contributed by atoms with Gasteiger partial charge in [0.1, 0.15) is 11.2 Å². The highest BCUT2D eigenvalue weighted by atomic mass is 16.6. The van der Waals surface area contributed by atoms with Gasteiger partial charge in [-0.15, -0.1) is 0 Å². The first kappa shape index (κ1) is 16.1. The van der Waals surface area contributed by atoms with Crippen molar-refractivity contribution in [2.24, 2.45) is 0 Å². The minimum atomic E-state index is -0.712. The van der Waals surface area contributed by atoms with Gasteiger partial charge in [-0.25, -0.2) is 9.78 Å². The Bertz CT molecular complexity index is 1050. The predicted octanol–water partition coefficient (Wildman–Crippen LogP) is 3.47. The number of hydrogen-bond donors (Lipinski definition) is 0. The number of nitro benzene ring substituents is 1. The number of para-hydroxylation sites is 1. The van der Waals surface area contributed by atoms with E-state index < -0.39 is 10.9 Å². The van der Waals surface area contributed by atoms with Gasteiger partial charge in [0, 0.05) is 17.0 Å². The Kier molecular flexibility index (Phi) is 4.10. The zero-order valence-corrected chi connectivity index (χ0v) is 13.1. The first-order valence-corrected chi connectivity index (χ1v) is 7.22. The Morgan fingerprint density at radius 3 is 2.64 bits per heavy atom. The number of esters is 1. The molecule has 3 rings (SSSR count). The average molecular weight is 333 g/mol. The molecule has 0 aliphatic heterocycles. The van der Waals surface area contributed by atoms with Gasteiger partial charge in [-0.1, -0.05) is 30.3 Å². The van der Waals surface area contributed by atoms with E-state index in [4.69, 9.17) is 4.74 Å². The SMILES string of the molecule is COC(=O)c1cc(-c2ccccc2C#N)c2cccc([N+](=O)[O-])c2n1. The number of carbonyl (C=O) groups excluding carboxylic acids is 1. The molecule has 2 aromatic carbocycles. The number of nitriles is 1. The summed E-state index contributed by atoms with van der Waals surface area (Å²) in [5, 5.41) is 21.2. The van der Waals surface area contributed by atoms with E-state index in [-0.39, 0.29) is 16.9 Å². The second kappa shape index (κ2) is 6.37. The second-order valence-corrected chi connectivity index (χ2v) is 5.13. The van der Waals surface area contributed by atoms with E-state index in [2.05, 4.69) is 11.1 Å². The number of rotatable bonds is 3. The summed E-state index contributed by atoms with van der Waals surface area (Å²) in [5.74, 6) is -0.712. The fourth-order valence-electron chi connectivity index (χ4n) is 2.63. The number of ether oxygens (including phenoxy) is 1. The summed E-state index contributed by atoms with van der Waals surface area (Å²) in [4.78, 5) is 26.8. The quantitative estimate of drug-likeness (QED) is 0.413. The molecule has 122 valence electrons. The molecule has 0 unspecified atom stereocenters. The molecule has 0 bridgehead atoms. The molecule has 0 spiro atoms. The fraction of sp³-hybridized carbons (Fsp3) is 0.0556. The third-order valence-corrected chi connectivity index (χ3v) is 3.75. The first-order valence-electron chi connectivity index (χ1n) is 7.22. The molecule has 7 heteroatoms. The van der Waals surface area contributed by atoms with Gasteiger partial charge in [-0.2, -0.15) is 5.26 Å². The zero-order valence-electron chi connectivity index (χ0n) is 13.1. The van der Waals surface area contributed by atoms with Gasteiger partial charge >= 0.3 is 5.97 Å². The van der Waals surface area contributed by atoms with Gasteiger partial charge < -0.3 is 4.74 Å². The molecular formula is C18H11N3O4. The van der Waals surface area contributed by atoms with Crippen molar-refractivity contribution in [3.8, 4) is 17.2 Å². The van der Waals surface area contributed by atoms with E-state index in [9.17, 15) is 20.2 Å². The molecular weight excluding hydrogens is 322 g/mol. The van der Waals surface area contributed by atoms with E-state index >= 15 is 0 Å². The lowest BCUT2D eigenvalue weighted by Gasteiger charge is -2.10. The molecule has 0 saturated carbocycles. The van der Waals surface area contributed by atoms with Crippen LogP contribution in [-0.4, -0.2) is 23.0 Å². The van der Waals surface area contributed by atoms with E-state index in [0.29, 0.717) is 22.1 Å². The Balaban J connectivity index is 2.45. The van der Waals surface area contributed by atoms with Crippen LogP contribution in [0, 0.1) is 21.4 Å². The molecule has 25 heavy (non-hydrogen) atoms. The summed E-state index contributed by atoms with van der Waals surface area (Å²) in [5.41, 5.74) is 1.23. The molecule has 0 fully saturated rings. The number of benzene rings is 2. The van der Waals surface area contributed by atoms with E-state index in [1.165, 1.54) is 19.2 Å². The average Bonchev–Trinajstić information content (AvgIpc) is 2.65. The van der Waals surface area contributed by atoms with Crippen LogP contribution in [0.3, 0.4) is 0 Å². The summed E-state index contributed by atoms with van der Waals surface area (Å²) in [6.45, 7) is 0. The lowest BCUT2D eigenvalue weighted by atomic mass is 9.96. The third kappa shape index (κ3) is 2.77. The van der Waals surface area contributed by atoms with Crippen molar-refractivity contribution in [2.75, 3.05) is 7.11 Å². The van der Waals surface area contributed by atoms with Crippen molar-refractivity contribution in [1.82, 2.24) is 4.98 Å². The first-order chi connectivity index (χ1) is 12.1. The maximum absolute atomic E-state index is 12.0. The van der Waals surface area contributed by atoms with Crippen LogP contribution in [0.25, 0.3) is 22.0 Å². The number of fused-ring (bicyclic) bond motifs is 1. The zero-order chi connectivity index (χ0) is 18.0. The standard InChI is InChI=1S/C18H11N3O4/c1-25-18(22)15-9-14(12-6-3-2-5-11(12)10-19)13-7-4-8-16(21(23)24)17(13)20-15/h2-9H,1H3. The van der Waals surface area contributed by atoms with Gasteiger partial charge in [-0.05, 0) is 17.7 Å². The van der Waals surface area contributed by atoms with Crippen LogP contribution < -0.4 is 0 Å². The number of carbonyl (C=O) groups is 1.